The maximum absolute atomic E-state index is 14.1. The first-order valence-corrected chi connectivity index (χ1v) is 16.6. The SMILES string of the molecule is CCCC(NC(=O)[C@@H]1[C@@H](I)CCN1C(=O)[C@@H](NC(=O)[C@@H](NC(=O)c1cnccn1)C(C)C)C(C)CC)C(=O)C(=O)NC1CC1. The summed E-state index contributed by atoms with van der Waals surface area (Å²) in [6, 6.07) is -3.79. The van der Waals surface area contributed by atoms with Crippen LogP contribution in [0.4, 0.5) is 0 Å². The van der Waals surface area contributed by atoms with Gasteiger partial charge < -0.3 is 26.2 Å². The maximum Gasteiger partial charge on any atom is 0.289 e. The van der Waals surface area contributed by atoms with Gasteiger partial charge in [-0.15, -0.1) is 0 Å². The molecule has 1 saturated carbocycles. The number of halogens is 1. The van der Waals surface area contributed by atoms with E-state index in [9.17, 15) is 28.8 Å². The molecule has 2 unspecified atom stereocenters. The van der Waals surface area contributed by atoms with Crippen LogP contribution in [0.2, 0.25) is 0 Å². The summed E-state index contributed by atoms with van der Waals surface area (Å²) in [5.41, 5.74) is 0.0596. The molecule has 2 fully saturated rings. The van der Waals surface area contributed by atoms with Crippen molar-refractivity contribution in [1.29, 1.82) is 0 Å². The Bertz CT molecular complexity index is 1210. The quantitative estimate of drug-likeness (QED) is 0.119. The van der Waals surface area contributed by atoms with Gasteiger partial charge in [0.25, 0.3) is 11.8 Å². The lowest BCUT2D eigenvalue weighted by molar-refractivity contribution is -0.144. The van der Waals surface area contributed by atoms with Gasteiger partial charge in [0.05, 0.1) is 12.2 Å². The van der Waals surface area contributed by atoms with Gasteiger partial charge in [-0.1, -0.05) is 70.1 Å². The Balaban J connectivity index is 1.76. The number of Topliss-reactive ketones (excluding diaryl/α,β-unsaturated/α-hetero) is 1. The highest BCUT2D eigenvalue weighted by Gasteiger charge is 2.45. The molecule has 242 valence electrons. The van der Waals surface area contributed by atoms with Crippen LogP contribution in [0.3, 0.4) is 0 Å². The fourth-order valence-corrected chi connectivity index (χ4v) is 6.03. The zero-order valence-corrected chi connectivity index (χ0v) is 28.1. The molecule has 1 saturated heterocycles. The zero-order chi connectivity index (χ0) is 32.6. The van der Waals surface area contributed by atoms with E-state index < -0.39 is 59.5 Å². The van der Waals surface area contributed by atoms with Crippen LogP contribution in [0.15, 0.2) is 18.6 Å². The first-order chi connectivity index (χ1) is 20.9. The second kappa shape index (κ2) is 16.2. The smallest absolute Gasteiger partial charge is 0.289 e. The zero-order valence-electron chi connectivity index (χ0n) is 26.0. The Morgan fingerprint density at radius 2 is 1.68 bits per heavy atom. The molecular weight excluding hydrogens is 681 g/mol. The van der Waals surface area contributed by atoms with Gasteiger partial charge in [-0.05, 0) is 37.5 Å². The third kappa shape index (κ3) is 9.17. The number of aromatic nitrogens is 2. The summed E-state index contributed by atoms with van der Waals surface area (Å²) in [6.45, 7) is 9.45. The standard InChI is InChI=1S/C30H44IN7O6/c1-6-8-20(25(39)29(43)34-18-9-10-18)35-28(42)24-19(31)11-14-38(24)30(44)23(17(5)7-2)37-27(41)22(16(3)4)36-26(40)21-15-32-12-13-33-21/h12-13,15-20,22-24H,6-11,14H2,1-5H3,(H,34,43)(H,35,42)(H,36,40)(H,37,41)/t17?,19-,20?,22-,23-,24-/m0/s1. The highest BCUT2D eigenvalue weighted by atomic mass is 127. The van der Waals surface area contributed by atoms with E-state index in [1.807, 2.05) is 20.8 Å². The summed E-state index contributed by atoms with van der Waals surface area (Å²) in [6.07, 6.45) is 7.75. The normalized spacial score (nSPS) is 20.7. The molecule has 5 amide bonds. The lowest BCUT2D eigenvalue weighted by atomic mass is 9.95. The van der Waals surface area contributed by atoms with Crippen molar-refractivity contribution in [2.24, 2.45) is 11.8 Å². The van der Waals surface area contributed by atoms with Crippen molar-refractivity contribution in [2.75, 3.05) is 6.54 Å². The van der Waals surface area contributed by atoms with Crippen molar-refractivity contribution in [3.63, 3.8) is 0 Å². The van der Waals surface area contributed by atoms with Crippen molar-refractivity contribution in [1.82, 2.24) is 36.1 Å². The third-order valence-electron chi connectivity index (χ3n) is 8.03. The van der Waals surface area contributed by atoms with E-state index in [1.165, 1.54) is 23.5 Å². The molecule has 1 aliphatic heterocycles. The Morgan fingerprint density at radius 3 is 2.25 bits per heavy atom. The molecule has 4 N–H and O–H groups in total. The summed E-state index contributed by atoms with van der Waals surface area (Å²) in [5, 5.41) is 11.0. The minimum absolute atomic E-state index is 0.00873. The van der Waals surface area contributed by atoms with Gasteiger partial charge in [0.2, 0.25) is 23.5 Å². The van der Waals surface area contributed by atoms with Crippen LogP contribution < -0.4 is 21.3 Å². The average molecular weight is 726 g/mol. The van der Waals surface area contributed by atoms with Gasteiger partial charge >= 0.3 is 0 Å². The van der Waals surface area contributed by atoms with Crippen LogP contribution in [-0.4, -0.2) is 90.9 Å². The topological polar surface area (TPSA) is 180 Å². The molecule has 0 spiro atoms. The number of nitrogens with zero attached hydrogens (tertiary/aromatic N) is 3. The summed E-state index contributed by atoms with van der Waals surface area (Å²) < 4.78 is -0.239. The molecule has 0 aromatic carbocycles. The van der Waals surface area contributed by atoms with Crippen molar-refractivity contribution < 1.29 is 28.8 Å². The predicted octanol–water partition coefficient (Wildman–Crippen LogP) is 1.30. The number of ketones is 1. The lowest BCUT2D eigenvalue weighted by Crippen LogP contribution is -2.60. The van der Waals surface area contributed by atoms with Crippen LogP contribution in [0, 0.1) is 11.8 Å². The van der Waals surface area contributed by atoms with Gasteiger partial charge in [0.15, 0.2) is 0 Å². The molecule has 6 atom stereocenters. The first-order valence-electron chi connectivity index (χ1n) is 15.4. The summed E-state index contributed by atoms with van der Waals surface area (Å²) >= 11 is 2.13. The van der Waals surface area contributed by atoms with Crippen LogP contribution in [0.5, 0.6) is 0 Å². The molecule has 1 aromatic heterocycles. The third-order valence-corrected chi connectivity index (χ3v) is 9.33. The average Bonchev–Trinajstić information content (AvgIpc) is 3.74. The number of hydrogen-bond donors (Lipinski definition) is 4. The van der Waals surface area contributed by atoms with Crippen LogP contribution >= 0.6 is 22.6 Å². The molecule has 44 heavy (non-hydrogen) atoms. The first kappa shape index (κ1) is 35.3. The van der Waals surface area contributed by atoms with Gasteiger partial charge in [0, 0.05) is 28.9 Å². The predicted molar refractivity (Wildman–Crippen MR) is 170 cm³/mol. The fourth-order valence-electron chi connectivity index (χ4n) is 5.04. The monoisotopic (exact) mass is 725 g/mol. The molecule has 0 radical (unpaired) electrons. The van der Waals surface area contributed by atoms with E-state index in [0.29, 0.717) is 25.8 Å². The van der Waals surface area contributed by atoms with E-state index in [4.69, 9.17) is 0 Å². The van der Waals surface area contributed by atoms with Gasteiger partial charge in [0.1, 0.15) is 23.8 Å². The number of hydrogen-bond acceptors (Lipinski definition) is 8. The molecule has 13 nitrogen and oxygen atoms in total. The number of amides is 5. The molecule has 2 aliphatic rings. The van der Waals surface area contributed by atoms with Crippen molar-refractivity contribution >= 4 is 57.9 Å². The number of likely N-dealkylation sites (tertiary alicyclic amines) is 1. The second-order valence-electron chi connectivity index (χ2n) is 11.9. The summed E-state index contributed by atoms with van der Waals surface area (Å²) in [5.74, 6) is -4.01. The molecule has 0 bridgehead atoms. The highest BCUT2D eigenvalue weighted by Crippen LogP contribution is 2.28. The Morgan fingerprint density at radius 1 is 0.977 bits per heavy atom. The Labute approximate surface area is 272 Å². The van der Waals surface area contributed by atoms with E-state index in [2.05, 4.69) is 53.8 Å². The van der Waals surface area contributed by atoms with Crippen molar-refractivity contribution in [3.8, 4) is 0 Å². The summed E-state index contributed by atoms with van der Waals surface area (Å²) in [4.78, 5) is 88.6. The number of rotatable bonds is 15. The molecule has 3 rings (SSSR count). The van der Waals surface area contributed by atoms with E-state index in [-0.39, 0.29) is 33.9 Å². The minimum Gasteiger partial charge on any atom is -0.347 e. The number of nitrogens with one attached hydrogen (secondary N) is 4. The molecule has 2 heterocycles. The Hall–Kier alpha value is -3.17. The van der Waals surface area contributed by atoms with Gasteiger partial charge in [-0.25, -0.2) is 4.98 Å². The van der Waals surface area contributed by atoms with Gasteiger partial charge in [-0.3, -0.25) is 33.8 Å². The van der Waals surface area contributed by atoms with Crippen molar-refractivity contribution in [3.05, 3.63) is 24.3 Å². The Kier molecular flexibility index (Phi) is 13.0. The van der Waals surface area contributed by atoms with Crippen LogP contribution in [0.25, 0.3) is 0 Å². The number of alkyl halides is 1. The maximum atomic E-state index is 14.1. The number of carbonyl (C=O) groups excluding carboxylic acids is 6. The van der Waals surface area contributed by atoms with Crippen LogP contribution in [0.1, 0.15) is 83.6 Å². The lowest BCUT2D eigenvalue weighted by Gasteiger charge is -2.33. The molecular formula is C30H44IN7O6. The largest absolute Gasteiger partial charge is 0.347 e. The molecule has 1 aliphatic carbocycles. The minimum atomic E-state index is -0.998. The highest BCUT2D eigenvalue weighted by molar-refractivity contribution is 14.1. The number of carbonyl (C=O) groups is 6. The van der Waals surface area contributed by atoms with E-state index in [1.54, 1.807) is 13.8 Å². The van der Waals surface area contributed by atoms with E-state index >= 15 is 0 Å². The molecule has 14 heteroatoms. The van der Waals surface area contributed by atoms with E-state index in [0.717, 1.165) is 12.8 Å². The second-order valence-corrected chi connectivity index (χ2v) is 13.5. The van der Waals surface area contributed by atoms with Crippen molar-refractivity contribution in [2.45, 2.75) is 107 Å². The molecule has 1 aromatic rings. The summed E-state index contributed by atoms with van der Waals surface area (Å²) in [7, 11) is 0. The van der Waals surface area contributed by atoms with Crippen LogP contribution in [-0.2, 0) is 24.0 Å². The fraction of sp³-hybridized carbons (Fsp3) is 0.667. The van der Waals surface area contributed by atoms with Gasteiger partial charge in [-0.2, -0.15) is 0 Å².